The van der Waals surface area contributed by atoms with Gasteiger partial charge in [0.05, 0.1) is 6.04 Å². The Kier molecular flexibility index (Phi) is 5.53. The number of nitrogens with two attached hydrogens (primary N) is 1. The Hall–Kier alpha value is -1.32. The summed E-state index contributed by atoms with van der Waals surface area (Å²) in [6.45, 7) is 0. The molecule has 0 aliphatic heterocycles. The van der Waals surface area contributed by atoms with Crippen LogP contribution >= 0.6 is 15.9 Å². The largest absolute Gasteiger partial charge is 0.320 e. The van der Waals surface area contributed by atoms with Gasteiger partial charge in [0, 0.05) is 4.47 Å². The SMILES string of the molecule is NC(C(=O)NS(=O)(=O)c1c(F)cc(Br)cc1F)C1CC=CCC1. The van der Waals surface area contributed by atoms with Crippen LogP contribution in [0.4, 0.5) is 8.78 Å². The van der Waals surface area contributed by atoms with Gasteiger partial charge in [0.25, 0.3) is 15.9 Å². The topological polar surface area (TPSA) is 89.3 Å². The summed E-state index contributed by atoms with van der Waals surface area (Å²) in [5, 5.41) is 0. The number of benzene rings is 1. The molecule has 0 aromatic heterocycles. The van der Waals surface area contributed by atoms with Crippen LogP contribution in [0.3, 0.4) is 0 Å². The molecule has 2 atom stereocenters. The predicted molar refractivity (Wildman–Crippen MR) is 83.8 cm³/mol. The van der Waals surface area contributed by atoms with Crippen molar-refractivity contribution in [1.29, 1.82) is 0 Å². The van der Waals surface area contributed by atoms with Gasteiger partial charge >= 0.3 is 0 Å². The van der Waals surface area contributed by atoms with Crippen molar-refractivity contribution in [2.24, 2.45) is 11.7 Å². The third-order valence-corrected chi connectivity index (χ3v) is 5.44. The van der Waals surface area contributed by atoms with Crippen LogP contribution in [0.25, 0.3) is 0 Å². The van der Waals surface area contributed by atoms with E-state index < -0.39 is 38.5 Å². The summed E-state index contributed by atoms with van der Waals surface area (Å²) in [6.07, 6.45) is 5.75. The van der Waals surface area contributed by atoms with Crippen molar-refractivity contribution in [3.8, 4) is 0 Å². The molecule has 1 aliphatic rings. The maximum Gasteiger partial charge on any atom is 0.269 e. The fourth-order valence-electron chi connectivity index (χ4n) is 2.39. The zero-order valence-electron chi connectivity index (χ0n) is 11.9. The minimum absolute atomic E-state index is 0.0449. The van der Waals surface area contributed by atoms with E-state index in [2.05, 4.69) is 15.9 Å². The van der Waals surface area contributed by atoms with Gasteiger partial charge in [0.2, 0.25) is 0 Å². The van der Waals surface area contributed by atoms with Crippen LogP contribution in [0, 0.1) is 17.6 Å². The first kappa shape index (κ1) is 18.0. The first-order chi connectivity index (χ1) is 10.7. The molecule has 0 bridgehead atoms. The van der Waals surface area contributed by atoms with Crippen molar-refractivity contribution in [3.63, 3.8) is 0 Å². The highest BCUT2D eigenvalue weighted by atomic mass is 79.9. The molecule has 2 rings (SSSR count). The quantitative estimate of drug-likeness (QED) is 0.747. The summed E-state index contributed by atoms with van der Waals surface area (Å²) < 4.78 is 53.4. The minimum atomic E-state index is -4.69. The molecule has 0 heterocycles. The lowest BCUT2D eigenvalue weighted by Gasteiger charge is -2.23. The number of hydrogen-bond acceptors (Lipinski definition) is 4. The summed E-state index contributed by atoms with van der Waals surface area (Å²) in [5.41, 5.74) is 5.77. The monoisotopic (exact) mass is 408 g/mol. The van der Waals surface area contributed by atoms with E-state index in [4.69, 9.17) is 5.73 Å². The van der Waals surface area contributed by atoms with Crippen LogP contribution < -0.4 is 10.5 Å². The molecular weight excluding hydrogens is 394 g/mol. The fourth-order valence-corrected chi connectivity index (χ4v) is 3.93. The highest BCUT2D eigenvalue weighted by Crippen LogP contribution is 2.24. The van der Waals surface area contributed by atoms with E-state index in [1.54, 1.807) is 4.72 Å². The van der Waals surface area contributed by atoms with Crippen LogP contribution in [0.15, 0.2) is 33.7 Å². The minimum Gasteiger partial charge on any atom is -0.320 e. The van der Waals surface area contributed by atoms with Gasteiger partial charge in [-0.1, -0.05) is 28.1 Å². The molecule has 0 spiro atoms. The van der Waals surface area contributed by atoms with E-state index >= 15 is 0 Å². The molecule has 0 radical (unpaired) electrons. The van der Waals surface area contributed by atoms with Crippen molar-refractivity contribution in [3.05, 3.63) is 40.4 Å². The number of rotatable bonds is 4. The Balaban J connectivity index is 2.21. The molecule has 9 heteroatoms. The molecule has 126 valence electrons. The van der Waals surface area contributed by atoms with E-state index in [1.165, 1.54) is 0 Å². The zero-order valence-corrected chi connectivity index (χ0v) is 14.3. The van der Waals surface area contributed by atoms with E-state index in [0.717, 1.165) is 18.6 Å². The van der Waals surface area contributed by atoms with Crippen molar-refractivity contribution >= 4 is 31.9 Å². The van der Waals surface area contributed by atoms with Crippen LogP contribution in [0.5, 0.6) is 0 Å². The van der Waals surface area contributed by atoms with Gasteiger partial charge < -0.3 is 5.73 Å². The second kappa shape index (κ2) is 7.06. The molecule has 0 saturated heterocycles. The number of carbonyl (C=O) groups is 1. The molecule has 0 saturated carbocycles. The first-order valence-corrected chi connectivity index (χ1v) is 9.12. The summed E-state index contributed by atoms with van der Waals surface area (Å²) >= 11 is 2.85. The molecule has 0 fully saturated rings. The number of nitrogens with one attached hydrogen (secondary N) is 1. The van der Waals surface area contributed by atoms with E-state index in [1.807, 2.05) is 12.2 Å². The number of halogens is 3. The summed E-state index contributed by atoms with van der Waals surface area (Å²) in [7, 11) is -4.69. The Morgan fingerprint density at radius 3 is 2.43 bits per heavy atom. The second-order valence-corrected chi connectivity index (χ2v) is 7.77. The Morgan fingerprint density at radius 1 is 1.30 bits per heavy atom. The summed E-state index contributed by atoms with van der Waals surface area (Å²) in [4.78, 5) is 10.8. The predicted octanol–water partition coefficient (Wildman–Crippen LogP) is 2.22. The number of carbonyl (C=O) groups excluding carboxylic acids is 1. The molecule has 1 amide bonds. The van der Waals surface area contributed by atoms with Crippen LogP contribution in [-0.4, -0.2) is 20.4 Å². The first-order valence-electron chi connectivity index (χ1n) is 6.84. The maximum atomic E-state index is 13.8. The molecular formula is C14H15BrF2N2O3S. The number of allylic oxidation sites excluding steroid dienone is 2. The number of hydrogen-bond donors (Lipinski definition) is 2. The number of amides is 1. The van der Waals surface area contributed by atoms with E-state index in [9.17, 15) is 22.0 Å². The average molecular weight is 409 g/mol. The van der Waals surface area contributed by atoms with Crippen LogP contribution in [0.1, 0.15) is 19.3 Å². The average Bonchev–Trinajstić information content (AvgIpc) is 2.45. The van der Waals surface area contributed by atoms with Crippen molar-refractivity contribution in [1.82, 2.24) is 4.72 Å². The zero-order chi connectivity index (χ0) is 17.2. The van der Waals surface area contributed by atoms with Gasteiger partial charge in [-0.15, -0.1) is 0 Å². The smallest absolute Gasteiger partial charge is 0.269 e. The maximum absolute atomic E-state index is 13.8. The van der Waals surface area contributed by atoms with Crippen molar-refractivity contribution < 1.29 is 22.0 Å². The standard InChI is InChI=1S/C14H15BrF2N2O3S/c15-9-6-10(16)13(11(17)7-9)23(21,22)19-14(20)12(18)8-4-2-1-3-5-8/h1-2,6-8,12H,3-5,18H2,(H,19,20). The van der Waals surface area contributed by atoms with Gasteiger partial charge in [0.15, 0.2) is 4.90 Å². The van der Waals surface area contributed by atoms with E-state index in [0.29, 0.717) is 12.8 Å². The normalized spacial score (nSPS) is 19.4. The lowest BCUT2D eigenvalue weighted by atomic mass is 9.88. The molecule has 1 aromatic carbocycles. The molecule has 2 unspecified atom stereocenters. The molecule has 1 aromatic rings. The lowest BCUT2D eigenvalue weighted by molar-refractivity contribution is -0.121. The highest BCUT2D eigenvalue weighted by Gasteiger charge is 2.31. The molecule has 5 nitrogen and oxygen atoms in total. The number of sulfonamides is 1. The Morgan fingerprint density at radius 2 is 1.91 bits per heavy atom. The third-order valence-electron chi connectivity index (χ3n) is 3.59. The highest BCUT2D eigenvalue weighted by molar-refractivity contribution is 9.10. The molecule has 3 N–H and O–H groups in total. The summed E-state index contributed by atoms with van der Waals surface area (Å²) in [6, 6.07) is 0.526. The summed E-state index contributed by atoms with van der Waals surface area (Å²) in [5.74, 6) is -3.79. The van der Waals surface area contributed by atoms with Crippen LogP contribution in [0.2, 0.25) is 0 Å². The third kappa shape index (κ3) is 4.15. The van der Waals surface area contributed by atoms with Gasteiger partial charge in [-0.05, 0) is 37.3 Å². The van der Waals surface area contributed by atoms with Gasteiger partial charge in [-0.3, -0.25) is 4.79 Å². The Labute approximate surface area is 141 Å². The second-order valence-electron chi connectivity index (χ2n) is 5.24. The van der Waals surface area contributed by atoms with E-state index in [-0.39, 0.29) is 10.4 Å². The van der Waals surface area contributed by atoms with Gasteiger partial charge in [-0.2, -0.15) is 0 Å². The van der Waals surface area contributed by atoms with Crippen molar-refractivity contribution in [2.45, 2.75) is 30.2 Å². The fraction of sp³-hybridized carbons (Fsp3) is 0.357. The van der Waals surface area contributed by atoms with Gasteiger partial charge in [0.1, 0.15) is 11.6 Å². The van der Waals surface area contributed by atoms with Crippen molar-refractivity contribution in [2.75, 3.05) is 0 Å². The Bertz CT molecular complexity index is 729. The van der Waals surface area contributed by atoms with Crippen LogP contribution in [-0.2, 0) is 14.8 Å². The van der Waals surface area contributed by atoms with Gasteiger partial charge in [-0.25, -0.2) is 21.9 Å². The lowest BCUT2D eigenvalue weighted by Crippen LogP contribution is -2.47. The molecule has 1 aliphatic carbocycles. The molecule has 23 heavy (non-hydrogen) atoms.